The van der Waals surface area contributed by atoms with Crippen molar-refractivity contribution in [3.63, 3.8) is 0 Å². The molecule has 0 saturated heterocycles. The molecule has 4 nitrogen and oxygen atoms in total. The SMILES string of the molecule is CCCCNc1ccc([N+](=O)[O-])cc1Cl. The number of rotatable bonds is 5. The zero-order valence-electron chi connectivity index (χ0n) is 8.50. The molecule has 0 fully saturated rings. The fourth-order valence-electron chi connectivity index (χ4n) is 1.16. The molecule has 5 heteroatoms. The topological polar surface area (TPSA) is 55.2 Å². The van der Waals surface area contributed by atoms with E-state index in [2.05, 4.69) is 12.2 Å². The van der Waals surface area contributed by atoms with Crippen LogP contribution in [-0.2, 0) is 0 Å². The van der Waals surface area contributed by atoms with Crippen molar-refractivity contribution in [2.75, 3.05) is 11.9 Å². The van der Waals surface area contributed by atoms with Crippen LogP contribution >= 0.6 is 11.6 Å². The van der Waals surface area contributed by atoms with Gasteiger partial charge < -0.3 is 5.32 Å². The molecule has 1 aromatic rings. The van der Waals surface area contributed by atoms with Gasteiger partial charge in [0.1, 0.15) is 0 Å². The van der Waals surface area contributed by atoms with Crippen LogP contribution in [0.4, 0.5) is 11.4 Å². The molecule has 0 saturated carbocycles. The lowest BCUT2D eigenvalue weighted by Crippen LogP contribution is -2.01. The molecule has 15 heavy (non-hydrogen) atoms. The summed E-state index contributed by atoms with van der Waals surface area (Å²) in [5.41, 5.74) is 0.761. The summed E-state index contributed by atoms with van der Waals surface area (Å²) in [7, 11) is 0. The third-order valence-electron chi connectivity index (χ3n) is 2.01. The number of nitrogens with zero attached hydrogens (tertiary/aromatic N) is 1. The van der Waals surface area contributed by atoms with Crippen molar-refractivity contribution in [2.24, 2.45) is 0 Å². The van der Waals surface area contributed by atoms with Gasteiger partial charge in [0, 0.05) is 18.7 Å². The van der Waals surface area contributed by atoms with Crippen LogP contribution in [0, 0.1) is 10.1 Å². The number of unbranched alkanes of at least 4 members (excludes halogenated alkanes) is 1. The Labute approximate surface area is 93.4 Å². The highest BCUT2D eigenvalue weighted by molar-refractivity contribution is 6.33. The second-order valence-electron chi connectivity index (χ2n) is 3.20. The van der Waals surface area contributed by atoms with E-state index in [9.17, 15) is 10.1 Å². The highest BCUT2D eigenvalue weighted by Crippen LogP contribution is 2.26. The maximum atomic E-state index is 10.5. The van der Waals surface area contributed by atoms with Gasteiger partial charge in [-0.2, -0.15) is 0 Å². The van der Waals surface area contributed by atoms with Crippen LogP contribution in [0.1, 0.15) is 19.8 Å². The molecule has 0 aromatic heterocycles. The molecule has 0 heterocycles. The van der Waals surface area contributed by atoms with Crippen LogP contribution in [0.15, 0.2) is 18.2 Å². The Morgan fingerprint density at radius 2 is 2.27 bits per heavy atom. The largest absolute Gasteiger partial charge is 0.384 e. The highest BCUT2D eigenvalue weighted by atomic mass is 35.5. The minimum Gasteiger partial charge on any atom is -0.384 e. The van der Waals surface area contributed by atoms with Gasteiger partial charge in [0.15, 0.2) is 0 Å². The van der Waals surface area contributed by atoms with E-state index in [0.29, 0.717) is 5.02 Å². The normalized spacial score (nSPS) is 10.0. The Balaban J connectivity index is 2.70. The van der Waals surface area contributed by atoms with E-state index in [1.807, 2.05) is 0 Å². The predicted octanol–water partition coefficient (Wildman–Crippen LogP) is 3.46. The lowest BCUT2D eigenvalue weighted by Gasteiger charge is -2.06. The molecule has 0 unspecified atom stereocenters. The summed E-state index contributed by atoms with van der Waals surface area (Å²) in [5.74, 6) is 0. The van der Waals surface area contributed by atoms with Crippen molar-refractivity contribution in [3.8, 4) is 0 Å². The summed E-state index contributed by atoms with van der Waals surface area (Å²) in [5, 5.41) is 14.0. The number of benzene rings is 1. The number of anilines is 1. The van der Waals surface area contributed by atoms with E-state index in [1.54, 1.807) is 6.07 Å². The second-order valence-corrected chi connectivity index (χ2v) is 3.61. The van der Waals surface area contributed by atoms with Gasteiger partial charge >= 0.3 is 0 Å². The smallest absolute Gasteiger partial charge is 0.271 e. The van der Waals surface area contributed by atoms with Crippen LogP contribution in [0.5, 0.6) is 0 Å². The van der Waals surface area contributed by atoms with Gasteiger partial charge in [-0.1, -0.05) is 24.9 Å². The second kappa shape index (κ2) is 5.56. The molecule has 0 aliphatic heterocycles. The summed E-state index contributed by atoms with van der Waals surface area (Å²) in [4.78, 5) is 9.99. The molecule has 82 valence electrons. The van der Waals surface area contributed by atoms with Gasteiger partial charge in [-0.15, -0.1) is 0 Å². The zero-order valence-corrected chi connectivity index (χ0v) is 9.25. The average molecular weight is 229 g/mol. The third kappa shape index (κ3) is 3.40. The Morgan fingerprint density at radius 3 is 2.80 bits per heavy atom. The quantitative estimate of drug-likeness (QED) is 0.477. The Kier molecular flexibility index (Phi) is 4.37. The molecular weight excluding hydrogens is 216 g/mol. The molecule has 0 atom stereocenters. The Bertz CT molecular complexity index is 355. The summed E-state index contributed by atoms with van der Waals surface area (Å²) in [6.07, 6.45) is 2.14. The van der Waals surface area contributed by atoms with E-state index >= 15 is 0 Å². The minimum absolute atomic E-state index is 0.0149. The van der Waals surface area contributed by atoms with Gasteiger partial charge in [0.25, 0.3) is 5.69 Å². The van der Waals surface area contributed by atoms with E-state index in [-0.39, 0.29) is 5.69 Å². The van der Waals surface area contributed by atoms with Crippen molar-refractivity contribution >= 4 is 23.0 Å². The average Bonchev–Trinajstić information content (AvgIpc) is 2.20. The number of nitro benzene ring substituents is 1. The number of hydrogen-bond donors (Lipinski definition) is 1. The molecule has 0 spiro atoms. The number of halogens is 1. The molecule has 0 bridgehead atoms. The van der Waals surface area contributed by atoms with Crippen molar-refractivity contribution in [3.05, 3.63) is 33.3 Å². The Morgan fingerprint density at radius 1 is 1.53 bits per heavy atom. The number of nitro groups is 1. The first-order chi connectivity index (χ1) is 7.15. The van der Waals surface area contributed by atoms with E-state index in [1.165, 1.54) is 12.1 Å². The van der Waals surface area contributed by atoms with Crippen molar-refractivity contribution in [1.82, 2.24) is 0 Å². The van der Waals surface area contributed by atoms with Crippen LogP contribution in [-0.4, -0.2) is 11.5 Å². The van der Waals surface area contributed by atoms with E-state index < -0.39 is 4.92 Å². The third-order valence-corrected chi connectivity index (χ3v) is 2.32. The molecule has 1 N–H and O–H groups in total. The fraction of sp³-hybridized carbons (Fsp3) is 0.400. The van der Waals surface area contributed by atoms with Crippen molar-refractivity contribution in [1.29, 1.82) is 0 Å². The van der Waals surface area contributed by atoms with Gasteiger partial charge in [-0.3, -0.25) is 10.1 Å². The molecule has 0 aliphatic carbocycles. The number of non-ortho nitro benzene ring substituents is 1. The summed E-state index contributed by atoms with van der Waals surface area (Å²) in [6, 6.07) is 4.44. The summed E-state index contributed by atoms with van der Waals surface area (Å²) in [6.45, 7) is 2.92. The molecule has 0 radical (unpaired) electrons. The molecular formula is C10H13ClN2O2. The van der Waals surface area contributed by atoms with Gasteiger partial charge in [-0.25, -0.2) is 0 Å². The van der Waals surface area contributed by atoms with Crippen LogP contribution < -0.4 is 5.32 Å². The predicted molar refractivity (Wildman–Crippen MR) is 61.5 cm³/mol. The Hall–Kier alpha value is -1.29. The molecule has 1 rings (SSSR count). The van der Waals surface area contributed by atoms with Crippen LogP contribution in [0.25, 0.3) is 0 Å². The summed E-state index contributed by atoms with van der Waals surface area (Å²) < 4.78 is 0. The molecule has 1 aromatic carbocycles. The van der Waals surface area contributed by atoms with Gasteiger partial charge in [0.2, 0.25) is 0 Å². The first-order valence-electron chi connectivity index (χ1n) is 4.83. The maximum Gasteiger partial charge on any atom is 0.271 e. The highest BCUT2D eigenvalue weighted by Gasteiger charge is 2.08. The van der Waals surface area contributed by atoms with Gasteiger partial charge in [0.05, 0.1) is 15.6 Å². The van der Waals surface area contributed by atoms with Crippen LogP contribution in [0.3, 0.4) is 0 Å². The van der Waals surface area contributed by atoms with Crippen molar-refractivity contribution < 1.29 is 4.92 Å². The lowest BCUT2D eigenvalue weighted by molar-refractivity contribution is -0.384. The first kappa shape index (κ1) is 11.8. The van der Waals surface area contributed by atoms with E-state index in [4.69, 9.17) is 11.6 Å². The standard InChI is InChI=1S/C10H13ClN2O2/c1-2-3-6-12-10-5-4-8(13(14)15)7-9(10)11/h4-5,7,12H,2-3,6H2,1H3. The zero-order chi connectivity index (χ0) is 11.3. The molecule has 0 amide bonds. The fourth-order valence-corrected chi connectivity index (χ4v) is 1.40. The number of hydrogen-bond acceptors (Lipinski definition) is 3. The lowest BCUT2D eigenvalue weighted by atomic mass is 10.2. The number of nitrogens with one attached hydrogen (secondary N) is 1. The first-order valence-corrected chi connectivity index (χ1v) is 5.20. The van der Waals surface area contributed by atoms with Crippen LogP contribution in [0.2, 0.25) is 5.02 Å². The monoisotopic (exact) mass is 228 g/mol. The maximum absolute atomic E-state index is 10.5. The summed E-state index contributed by atoms with van der Waals surface area (Å²) >= 11 is 5.89. The van der Waals surface area contributed by atoms with Gasteiger partial charge in [-0.05, 0) is 12.5 Å². The minimum atomic E-state index is -0.457. The van der Waals surface area contributed by atoms with E-state index in [0.717, 1.165) is 25.1 Å². The molecule has 0 aliphatic rings. The van der Waals surface area contributed by atoms with Crippen molar-refractivity contribution in [2.45, 2.75) is 19.8 Å².